The second-order valence-electron chi connectivity index (χ2n) is 8.76. The van der Waals surface area contributed by atoms with Crippen molar-refractivity contribution < 1.29 is 9.59 Å². The summed E-state index contributed by atoms with van der Waals surface area (Å²) in [6.45, 7) is 8.78. The van der Waals surface area contributed by atoms with Crippen LogP contribution in [0.3, 0.4) is 0 Å². The van der Waals surface area contributed by atoms with Crippen LogP contribution in [0, 0.1) is 5.92 Å². The van der Waals surface area contributed by atoms with E-state index >= 15 is 0 Å². The van der Waals surface area contributed by atoms with Gasteiger partial charge in [-0.05, 0) is 26.2 Å². The SMILES string of the molecule is CC(C)NC(=O)c1cn(CCN2CCN(C(=O)CCC3CCCCC3)CC2)nn1. The Morgan fingerprint density at radius 1 is 1.10 bits per heavy atom. The first-order valence-electron chi connectivity index (χ1n) is 11.2. The summed E-state index contributed by atoms with van der Waals surface area (Å²) in [7, 11) is 0. The molecule has 1 saturated carbocycles. The Labute approximate surface area is 174 Å². The highest BCUT2D eigenvalue weighted by atomic mass is 16.2. The van der Waals surface area contributed by atoms with Crippen molar-refractivity contribution in [1.82, 2.24) is 30.1 Å². The van der Waals surface area contributed by atoms with Crippen LogP contribution in [-0.4, -0.2) is 75.4 Å². The van der Waals surface area contributed by atoms with Crippen molar-refractivity contribution in [3.8, 4) is 0 Å². The number of hydrogen-bond donors (Lipinski definition) is 1. The Kier molecular flexibility index (Phi) is 8.03. The Morgan fingerprint density at radius 2 is 1.83 bits per heavy atom. The molecule has 1 aliphatic heterocycles. The van der Waals surface area contributed by atoms with Gasteiger partial charge in [0.2, 0.25) is 5.91 Å². The summed E-state index contributed by atoms with van der Waals surface area (Å²) in [6, 6.07) is 0.0781. The molecule has 2 aliphatic rings. The normalized spacial score (nSPS) is 18.9. The molecule has 0 unspecified atom stereocenters. The molecule has 0 spiro atoms. The molecule has 0 aromatic carbocycles. The average molecular weight is 405 g/mol. The summed E-state index contributed by atoms with van der Waals surface area (Å²) in [6.07, 6.45) is 10.1. The van der Waals surface area contributed by atoms with E-state index < -0.39 is 0 Å². The molecular formula is C21H36N6O2. The van der Waals surface area contributed by atoms with Gasteiger partial charge in [0.15, 0.2) is 5.69 Å². The molecule has 162 valence electrons. The maximum Gasteiger partial charge on any atom is 0.273 e. The van der Waals surface area contributed by atoms with Gasteiger partial charge in [-0.25, -0.2) is 0 Å². The lowest BCUT2D eigenvalue weighted by atomic mass is 9.86. The van der Waals surface area contributed by atoms with Crippen LogP contribution in [0.4, 0.5) is 0 Å². The van der Waals surface area contributed by atoms with Gasteiger partial charge in [-0.3, -0.25) is 19.2 Å². The minimum absolute atomic E-state index is 0.0781. The summed E-state index contributed by atoms with van der Waals surface area (Å²) in [5, 5.41) is 10.8. The van der Waals surface area contributed by atoms with Crippen LogP contribution in [0.2, 0.25) is 0 Å². The molecule has 1 aromatic rings. The largest absolute Gasteiger partial charge is 0.348 e. The molecule has 1 aromatic heterocycles. The number of carbonyl (C=O) groups excluding carboxylic acids is 2. The predicted octanol–water partition coefficient (Wildman–Crippen LogP) is 1.92. The van der Waals surface area contributed by atoms with E-state index in [1.54, 1.807) is 10.9 Å². The van der Waals surface area contributed by atoms with E-state index in [-0.39, 0.29) is 11.9 Å². The molecule has 0 bridgehead atoms. The van der Waals surface area contributed by atoms with Crippen LogP contribution in [0.1, 0.15) is 69.3 Å². The molecular weight excluding hydrogens is 368 g/mol. The molecule has 1 aliphatic carbocycles. The predicted molar refractivity (Wildman–Crippen MR) is 111 cm³/mol. The zero-order chi connectivity index (χ0) is 20.6. The quantitative estimate of drug-likeness (QED) is 0.716. The van der Waals surface area contributed by atoms with Gasteiger partial charge >= 0.3 is 0 Å². The minimum Gasteiger partial charge on any atom is -0.348 e. The van der Waals surface area contributed by atoms with Crippen LogP contribution in [0.15, 0.2) is 6.20 Å². The zero-order valence-electron chi connectivity index (χ0n) is 18.0. The number of carbonyl (C=O) groups is 2. The lowest BCUT2D eigenvalue weighted by Gasteiger charge is -2.35. The maximum atomic E-state index is 12.5. The molecule has 1 N–H and O–H groups in total. The first-order chi connectivity index (χ1) is 14.0. The molecule has 2 amide bonds. The highest BCUT2D eigenvalue weighted by Crippen LogP contribution is 2.27. The van der Waals surface area contributed by atoms with Gasteiger partial charge < -0.3 is 10.2 Å². The van der Waals surface area contributed by atoms with Gasteiger partial charge in [0.25, 0.3) is 5.91 Å². The van der Waals surface area contributed by atoms with E-state index in [0.29, 0.717) is 24.6 Å². The third-order valence-corrected chi connectivity index (χ3v) is 6.05. The van der Waals surface area contributed by atoms with Gasteiger partial charge in [0, 0.05) is 45.2 Å². The summed E-state index contributed by atoms with van der Waals surface area (Å²) in [4.78, 5) is 28.8. The fraction of sp³-hybridized carbons (Fsp3) is 0.810. The van der Waals surface area contributed by atoms with Crippen LogP contribution < -0.4 is 5.32 Å². The highest BCUT2D eigenvalue weighted by molar-refractivity contribution is 5.91. The molecule has 0 atom stereocenters. The van der Waals surface area contributed by atoms with Gasteiger partial charge in [-0.2, -0.15) is 0 Å². The average Bonchev–Trinajstić information content (AvgIpc) is 3.20. The molecule has 2 heterocycles. The zero-order valence-corrected chi connectivity index (χ0v) is 18.0. The molecule has 1 saturated heterocycles. The summed E-state index contributed by atoms with van der Waals surface area (Å²) < 4.78 is 1.72. The first kappa shape index (κ1) is 21.7. The Morgan fingerprint density at radius 3 is 2.52 bits per heavy atom. The molecule has 2 fully saturated rings. The van der Waals surface area contributed by atoms with Crippen LogP contribution in [-0.2, 0) is 11.3 Å². The second-order valence-corrected chi connectivity index (χ2v) is 8.76. The van der Waals surface area contributed by atoms with Gasteiger partial charge in [0.05, 0.1) is 12.7 Å². The van der Waals surface area contributed by atoms with Crippen LogP contribution >= 0.6 is 0 Å². The van der Waals surface area contributed by atoms with Crippen molar-refractivity contribution in [3.05, 3.63) is 11.9 Å². The lowest BCUT2D eigenvalue weighted by molar-refractivity contribution is -0.133. The molecule has 8 nitrogen and oxygen atoms in total. The van der Waals surface area contributed by atoms with E-state index in [9.17, 15) is 9.59 Å². The number of rotatable bonds is 8. The third-order valence-electron chi connectivity index (χ3n) is 6.05. The lowest BCUT2D eigenvalue weighted by Crippen LogP contribution is -2.49. The monoisotopic (exact) mass is 404 g/mol. The van der Waals surface area contributed by atoms with E-state index in [2.05, 4.69) is 20.5 Å². The van der Waals surface area contributed by atoms with E-state index in [4.69, 9.17) is 0 Å². The van der Waals surface area contributed by atoms with Crippen molar-refractivity contribution in [3.63, 3.8) is 0 Å². The second kappa shape index (κ2) is 10.7. The third kappa shape index (κ3) is 6.80. The Bertz CT molecular complexity index is 660. The number of piperazine rings is 1. The van der Waals surface area contributed by atoms with Crippen molar-refractivity contribution in [2.75, 3.05) is 32.7 Å². The number of nitrogens with zero attached hydrogens (tertiary/aromatic N) is 5. The van der Waals surface area contributed by atoms with Gasteiger partial charge in [0.1, 0.15) is 0 Å². The standard InChI is InChI=1S/C21H36N6O2/c1-17(2)22-21(29)19-16-27(24-23-19)15-12-25-10-13-26(14-11-25)20(28)9-8-18-6-4-3-5-7-18/h16-18H,3-15H2,1-2H3,(H,22,29). The highest BCUT2D eigenvalue weighted by Gasteiger charge is 2.22. The van der Waals surface area contributed by atoms with Crippen molar-refractivity contribution in [2.45, 2.75) is 71.4 Å². The summed E-state index contributed by atoms with van der Waals surface area (Å²) in [5.41, 5.74) is 0.354. The Hall–Kier alpha value is -1.96. The number of amides is 2. The summed E-state index contributed by atoms with van der Waals surface area (Å²) in [5.74, 6) is 0.906. The Balaban J connectivity index is 1.34. The maximum absolute atomic E-state index is 12.5. The fourth-order valence-electron chi connectivity index (χ4n) is 4.27. The topological polar surface area (TPSA) is 83.4 Å². The number of aromatic nitrogens is 3. The molecule has 8 heteroatoms. The van der Waals surface area contributed by atoms with Crippen molar-refractivity contribution in [1.29, 1.82) is 0 Å². The first-order valence-corrected chi connectivity index (χ1v) is 11.2. The van der Waals surface area contributed by atoms with E-state index in [1.165, 1.54) is 32.1 Å². The van der Waals surface area contributed by atoms with E-state index in [0.717, 1.165) is 45.1 Å². The fourth-order valence-corrected chi connectivity index (χ4v) is 4.27. The molecule has 29 heavy (non-hydrogen) atoms. The summed E-state index contributed by atoms with van der Waals surface area (Å²) >= 11 is 0. The van der Waals surface area contributed by atoms with Gasteiger partial charge in [-0.1, -0.05) is 37.3 Å². The molecule has 0 radical (unpaired) electrons. The molecule has 3 rings (SSSR count). The van der Waals surface area contributed by atoms with Crippen molar-refractivity contribution in [2.24, 2.45) is 5.92 Å². The number of nitrogens with one attached hydrogen (secondary N) is 1. The van der Waals surface area contributed by atoms with Gasteiger partial charge in [-0.15, -0.1) is 5.10 Å². The number of hydrogen-bond acceptors (Lipinski definition) is 5. The van der Waals surface area contributed by atoms with Crippen molar-refractivity contribution >= 4 is 11.8 Å². The minimum atomic E-state index is -0.188. The van der Waals surface area contributed by atoms with Crippen LogP contribution in [0.25, 0.3) is 0 Å². The van der Waals surface area contributed by atoms with Crippen LogP contribution in [0.5, 0.6) is 0 Å². The van der Waals surface area contributed by atoms with E-state index in [1.807, 2.05) is 18.7 Å². The smallest absolute Gasteiger partial charge is 0.273 e.